The van der Waals surface area contributed by atoms with Crippen molar-refractivity contribution in [2.75, 3.05) is 13.1 Å². The van der Waals surface area contributed by atoms with E-state index in [2.05, 4.69) is 11.5 Å². The van der Waals surface area contributed by atoms with Crippen molar-refractivity contribution in [1.82, 2.24) is 9.80 Å². The molecule has 2 saturated carbocycles. The molecular formula is C27H25FN2O5. The number of fused-ring (bicyclic) bond motifs is 4. The Bertz CT molecular complexity index is 1360. The van der Waals surface area contributed by atoms with Crippen LogP contribution in [-0.2, 0) is 5.41 Å². The minimum Gasteiger partial charge on any atom is -0.504 e. The number of aromatic hydroxyl groups is 1. The summed E-state index contributed by atoms with van der Waals surface area (Å²) in [7, 11) is 0. The minimum absolute atomic E-state index is 0.0221. The fourth-order valence-electron chi connectivity index (χ4n) is 8.04. The van der Waals surface area contributed by atoms with Crippen LogP contribution in [0, 0.1) is 18.7 Å². The SMILES string of the molecule is C=CCN1CC2[C@@H]1[C@]1(O)CC[C@H](N3C(=O)c4cccc(F)c4C3=O)[C@@H]3Oc4c(O)ccc(C)c4[C@@]231. The van der Waals surface area contributed by atoms with Gasteiger partial charge in [0.25, 0.3) is 11.8 Å². The molecule has 7 nitrogen and oxygen atoms in total. The summed E-state index contributed by atoms with van der Waals surface area (Å²) in [6, 6.07) is 6.64. The Morgan fingerprint density at radius 2 is 2.06 bits per heavy atom. The number of nitrogens with zero attached hydrogens (tertiary/aromatic N) is 2. The first-order chi connectivity index (χ1) is 16.8. The third kappa shape index (κ3) is 2.11. The summed E-state index contributed by atoms with van der Waals surface area (Å²) in [5.74, 6) is -1.65. The standard InChI is InChI=1S/C27H25FN2O5/c1-3-11-29-12-15-22(29)26(34)10-9-17(30-24(32)14-5-4-6-16(28)19(14)25(30)33)23-27(15,26)20-13(2)7-8-18(31)21(20)35-23/h3-8,15,17,22-23,31,34H,1,9-12H2,2H3/t15?,17-,22+,23-,26+,27-/m0/s1. The van der Waals surface area contributed by atoms with Gasteiger partial charge in [-0.25, -0.2) is 4.39 Å². The third-order valence-electron chi connectivity index (χ3n) is 9.21. The molecule has 1 unspecified atom stereocenters. The molecule has 2 aromatic carbocycles. The Balaban J connectivity index is 1.38. The number of ether oxygens (including phenoxy) is 1. The van der Waals surface area contributed by atoms with Crippen LogP contribution in [-0.4, -0.2) is 68.7 Å². The van der Waals surface area contributed by atoms with Crippen LogP contribution >= 0.6 is 0 Å². The summed E-state index contributed by atoms with van der Waals surface area (Å²) in [5, 5.41) is 23.0. The number of hydrogen-bond donors (Lipinski definition) is 2. The molecule has 3 fully saturated rings. The van der Waals surface area contributed by atoms with Crippen LogP contribution in [0.25, 0.3) is 0 Å². The van der Waals surface area contributed by atoms with Crippen molar-refractivity contribution < 1.29 is 28.9 Å². The highest BCUT2D eigenvalue weighted by Crippen LogP contribution is 2.73. The van der Waals surface area contributed by atoms with E-state index in [0.29, 0.717) is 31.7 Å². The van der Waals surface area contributed by atoms with Gasteiger partial charge in [-0.2, -0.15) is 0 Å². The van der Waals surface area contributed by atoms with Crippen LogP contribution in [0.3, 0.4) is 0 Å². The highest BCUT2D eigenvalue weighted by Gasteiger charge is 2.85. The Kier molecular flexibility index (Phi) is 3.92. The van der Waals surface area contributed by atoms with Crippen LogP contribution < -0.4 is 4.74 Å². The highest BCUT2D eigenvalue weighted by molar-refractivity contribution is 6.21. The maximum absolute atomic E-state index is 14.6. The molecule has 2 amide bonds. The van der Waals surface area contributed by atoms with E-state index in [9.17, 15) is 24.2 Å². The van der Waals surface area contributed by atoms with Crippen molar-refractivity contribution in [3.05, 3.63) is 71.1 Å². The number of carbonyl (C=O) groups excluding carboxylic acids is 2. The van der Waals surface area contributed by atoms with Gasteiger partial charge in [0.05, 0.1) is 28.2 Å². The number of phenols is 1. The van der Waals surface area contributed by atoms with Gasteiger partial charge in [-0.1, -0.05) is 18.2 Å². The highest BCUT2D eigenvalue weighted by atomic mass is 19.1. The van der Waals surface area contributed by atoms with Gasteiger partial charge in [-0.15, -0.1) is 6.58 Å². The number of amides is 2. The van der Waals surface area contributed by atoms with Gasteiger partial charge in [0.1, 0.15) is 11.9 Å². The van der Waals surface area contributed by atoms with Gasteiger partial charge in [0.15, 0.2) is 11.5 Å². The lowest BCUT2D eigenvalue weighted by molar-refractivity contribution is -0.318. The number of halogens is 1. The maximum atomic E-state index is 14.6. The summed E-state index contributed by atoms with van der Waals surface area (Å²) in [5.41, 5.74) is -0.565. The van der Waals surface area contributed by atoms with Crippen molar-refractivity contribution in [2.45, 2.75) is 49.0 Å². The van der Waals surface area contributed by atoms with Crippen molar-refractivity contribution in [3.8, 4) is 11.5 Å². The molecule has 2 N–H and O–H groups in total. The average Bonchev–Trinajstić information content (AvgIpc) is 3.31. The van der Waals surface area contributed by atoms with Crippen molar-refractivity contribution in [3.63, 3.8) is 0 Å². The average molecular weight is 477 g/mol. The van der Waals surface area contributed by atoms with Crippen LogP contribution in [0.5, 0.6) is 11.5 Å². The molecule has 180 valence electrons. The minimum atomic E-state index is -1.16. The Morgan fingerprint density at radius 3 is 2.80 bits per heavy atom. The molecular weight excluding hydrogens is 451 g/mol. The van der Waals surface area contributed by atoms with E-state index < -0.39 is 40.8 Å². The second kappa shape index (κ2) is 6.50. The molecule has 2 aliphatic carbocycles. The third-order valence-corrected chi connectivity index (χ3v) is 9.21. The predicted octanol–water partition coefficient (Wildman–Crippen LogP) is 2.53. The van der Waals surface area contributed by atoms with Crippen molar-refractivity contribution in [1.29, 1.82) is 0 Å². The summed E-state index contributed by atoms with van der Waals surface area (Å²) >= 11 is 0. The molecule has 1 saturated heterocycles. The topological polar surface area (TPSA) is 90.3 Å². The number of piperidine rings is 1. The number of phenolic OH excluding ortho intramolecular Hbond substituents is 1. The first kappa shape index (κ1) is 21.1. The van der Waals surface area contributed by atoms with E-state index in [1.54, 1.807) is 6.07 Å². The molecule has 3 aliphatic heterocycles. The molecule has 7 rings (SSSR count). The molecule has 8 heteroatoms. The first-order valence-electron chi connectivity index (χ1n) is 12.0. The molecule has 0 radical (unpaired) electrons. The van der Waals surface area contributed by atoms with E-state index in [4.69, 9.17) is 4.74 Å². The normalized spacial score (nSPS) is 36.3. The molecule has 6 atom stereocenters. The predicted molar refractivity (Wildman–Crippen MR) is 123 cm³/mol. The van der Waals surface area contributed by atoms with Crippen LogP contribution in [0.4, 0.5) is 4.39 Å². The largest absolute Gasteiger partial charge is 0.504 e. The molecule has 35 heavy (non-hydrogen) atoms. The van der Waals surface area contributed by atoms with Gasteiger partial charge in [0.2, 0.25) is 0 Å². The zero-order chi connectivity index (χ0) is 24.4. The zero-order valence-corrected chi connectivity index (χ0v) is 19.2. The second-order valence-electron chi connectivity index (χ2n) is 10.5. The lowest BCUT2D eigenvalue weighted by Crippen LogP contribution is -2.92. The quantitative estimate of drug-likeness (QED) is 0.523. The number of carbonyl (C=O) groups is 2. The number of aryl methyl sites for hydroxylation is 1. The lowest BCUT2D eigenvalue weighted by atomic mass is 9.35. The number of likely N-dealkylation sites (tertiary alicyclic amines) is 1. The fraction of sp³-hybridized carbons (Fsp3) is 0.407. The number of imide groups is 1. The van der Waals surface area contributed by atoms with E-state index in [0.717, 1.165) is 16.0 Å². The first-order valence-corrected chi connectivity index (χ1v) is 12.0. The Labute approximate surface area is 201 Å². The maximum Gasteiger partial charge on any atom is 0.264 e. The molecule has 3 heterocycles. The summed E-state index contributed by atoms with van der Waals surface area (Å²) in [4.78, 5) is 30.1. The fourth-order valence-corrected chi connectivity index (χ4v) is 8.04. The van der Waals surface area contributed by atoms with E-state index in [-0.39, 0.29) is 28.8 Å². The number of benzene rings is 2. The number of hydrogen-bond acceptors (Lipinski definition) is 6. The molecule has 5 aliphatic rings. The van der Waals surface area contributed by atoms with Gasteiger partial charge in [0, 0.05) is 30.6 Å². The van der Waals surface area contributed by atoms with Gasteiger partial charge < -0.3 is 14.9 Å². The van der Waals surface area contributed by atoms with Gasteiger partial charge in [-0.05, 0) is 43.5 Å². The van der Waals surface area contributed by atoms with Crippen molar-refractivity contribution >= 4 is 11.8 Å². The van der Waals surface area contributed by atoms with Crippen LogP contribution in [0.2, 0.25) is 0 Å². The monoisotopic (exact) mass is 476 g/mol. The van der Waals surface area contributed by atoms with E-state index >= 15 is 0 Å². The lowest BCUT2D eigenvalue weighted by Gasteiger charge is -2.77. The zero-order valence-electron chi connectivity index (χ0n) is 19.2. The molecule has 2 aromatic rings. The summed E-state index contributed by atoms with van der Waals surface area (Å²) in [6.07, 6.45) is 1.73. The number of rotatable bonds is 3. The van der Waals surface area contributed by atoms with Crippen molar-refractivity contribution in [2.24, 2.45) is 5.92 Å². The summed E-state index contributed by atoms with van der Waals surface area (Å²) < 4.78 is 21.0. The van der Waals surface area contributed by atoms with Gasteiger partial charge >= 0.3 is 0 Å². The molecule has 0 aromatic heterocycles. The van der Waals surface area contributed by atoms with Crippen LogP contribution in [0.15, 0.2) is 43.0 Å². The molecule has 1 spiro atoms. The number of aliphatic hydroxyl groups is 1. The van der Waals surface area contributed by atoms with Gasteiger partial charge in [-0.3, -0.25) is 19.4 Å². The van der Waals surface area contributed by atoms with E-state index in [1.165, 1.54) is 18.2 Å². The van der Waals surface area contributed by atoms with Crippen LogP contribution in [0.1, 0.15) is 44.7 Å². The Hall–Kier alpha value is -3.23. The Morgan fingerprint density at radius 1 is 1.26 bits per heavy atom. The smallest absolute Gasteiger partial charge is 0.264 e. The summed E-state index contributed by atoms with van der Waals surface area (Å²) in [6.45, 7) is 7.11. The second-order valence-corrected chi connectivity index (χ2v) is 10.5. The molecule has 0 bridgehead atoms. The van der Waals surface area contributed by atoms with E-state index in [1.807, 2.05) is 19.1 Å².